The van der Waals surface area contributed by atoms with Crippen molar-refractivity contribution in [2.24, 2.45) is 0 Å². The van der Waals surface area contributed by atoms with Gasteiger partial charge in [0.05, 0.1) is 0 Å². The molecule has 1 heterocycles. The summed E-state index contributed by atoms with van der Waals surface area (Å²) in [7, 11) is -3.87. The fourth-order valence-corrected chi connectivity index (χ4v) is 2.74. The molecule has 108 valence electrons. The molecule has 1 rings (SSSR count). The molecule has 0 unspecified atom stereocenters. The Bertz CT molecular complexity index is 494. The molecule has 19 heavy (non-hydrogen) atoms. The molecule has 7 heteroatoms. The zero-order valence-corrected chi connectivity index (χ0v) is 12.1. The molecule has 0 spiro atoms. The molecule has 0 saturated heterocycles. The Labute approximate surface area is 113 Å². The number of rotatable bonds is 8. The van der Waals surface area contributed by atoms with Gasteiger partial charge in [0.15, 0.2) is 5.82 Å². The van der Waals surface area contributed by atoms with Crippen LogP contribution < -0.4 is 4.72 Å². The molecule has 1 aromatic rings. The molecule has 0 radical (unpaired) electrons. The van der Waals surface area contributed by atoms with Gasteiger partial charge in [0, 0.05) is 19.3 Å². The van der Waals surface area contributed by atoms with Gasteiger partial charge in [0.25, 0.3) is 10.0 Å². The van der Waals surface area contributed by atoms with Crippen molar-refractivity contribution in [3.05, 3.63) is 24.1 Å². The molecule has 0 amide bonds. The number of hydrogen-bond donors (Lipinski definition) is 1. The monoisotopic (exact) mass is 289 g/mol. The summed E-state index contributed by atoms with van der Waals surface area (Å²) in [4.78, 5) is 5.69. The second-order valence-corrected chi connectivity index (χ2v) is 5.80. The number of sulfonamides is 1. The number of nitrogens with one attached hydrogen (secondary N) is 1. The van der Waals surface area contributed by atoms with Crippen LogP contribution in [0.1, 0.15) is 20.3 Å². The van der Waals surface area contributed by atoms with Crippen LogP contribution in [0.3, 0.4) is 0 Å². The van der Waals surface area contributed by atoms with Gasteiger partial charge in [-0.3, -0.25) is 0 Å². The highest BCUT2D eigenvalue weighted by Gasteiger charge is 2.19. The van der Waals surface area contributed by atoms with E-state index in [1.807, 2.05) is 6.92 Å². The Morgan fingerprint density at radius 2 is 2.11 bits per heavy atom. The summed E-state index contributed by atoms with van der Waals surface area (Å²) in [5.41, 5.74) is 0. The lowest BCUT2D eigenvalue weighted by molar-refractivity contribution is 0.293. The Hall–Kier alpha value is -1.05. The summed E-state index contributed by atoms with van der Waals surface area (Å²) in [6, 6.07) is 2.44. The quantitative estimate of drug-likeness (QED) is 0.782. The molecule has 0 aliphatic heterocycles. The van der Waals surface area contributed by atoms with E-state index in [0.29, 0.717) is 6.54 Å². The van der Waals surface area contributed by atoms with Crippen LogP contribution >= 0.6 is 0 Å². The van der Waals surface area contributed by atoms with Crippen molar-refractivity contribution in [1.82, 2.24) is 14.6 Å². The Morgan fingerprint density at radius 3 is 2.68 bits per heavy atom. The lowest BCUT2D eigenvalue weighted by atomic mass is 10.4. The van der Waals surface area contributed by atoms with E-state index in [4.69, 9.17) is 0 Å². The predicted molar refractivity (Wildman–Crippen MR) is 71.8 cm³/mol. The normalized spacial score (nSPS) is 12.0. The van der Waals surface area contributed by atoms with E-state index in [1.165, 1.54) is 12.3 Å². The highest BCUT2D eigenvalue weighted by Crippen LogP contribution is 2.09. The second-order valence-electron chi connectivity index (χ2n) is 4.12. The fourth-order valence-electron chi connectivity index (χ4n) is 1.72. The van der Waals surface area contributed by atoms with Crippen LogP contribution in [0.5, 0.6) is 0 Å². The van der Waals surface area contributed by atoms with E-state index in [2.05, 4.69) is 21.5 Å². The molecule has 5 nitrogen and oxygen atoms in total. The van der Waals surface area contributed by atoms with Crippen molar-refractivity contribution >= 4 is 10.0 Å². The molecule has 1 N–H and O–H groups in total. The van der Waals surface area contributed by atoms with Crippen LogP contribution in [0, 0.1) is 5.82 Å². The van der Waals surface area contributed by atoms with Crippen molar-refractivity contribution in [2.75, 3.05) is 26.2 Å². The Balaban J connectivity index is 2.59. The zero-order chi connectivity index (χ0) is 14.3. The Morgan fingerprint density at radius 1 is 1.37 bits per heavy atom. The molecular formula is C12H20FN3O2S. The third-order valence-corrected chi connectivity index (χ3v) is 4.08. The summed E-state index contributed by atoms with van der Waals surface area (Å²) in [6.07, 6.45) is 2.27. The number of halogens is 1. The molecule has 0 atom stereocenters. The number of nitrogens with zero attached hydrogens (tertiary/aromatic N) is 2. The van der Waals surface area contributed by atoms with Gasteiger partial charge in [-0.25, -0.2) is 22.5 Å². The van der Waals surface area contributed by atoms with Crippen LogP contribution in [0.2, 0.25) is 0 Å². The Kier molecular flexibility index (Phi) is 6.33. The third kappa shape index (κ3) is 4.85. The van der Waals surface area contributed by atoms with E-state index in [9.17, 15) is 12.8 Å². The molecule has 1 aromatic heterocycles. The largest absolute Gasteiger partial charge is 0.302 e. The highest BCUT2D eigenvalue weighted by atomic mass is 32.2. The smallest absolute Gasteiger partial charge is 0.261 e. The first-order valence-corrected chi connectivity index (χ1v) is 7.82. The van der Waals surface area contributed by atoms with Crippen molar-refractivity contribution in [1.29, 1.82) is 0 Å². The lowest BCUT2D eigenvalue weighted by Gasteiger charge is -2.19. The maximum atomic E-state index is 13.4. The SMILES string of the molecule is CCCN(CC)CCNS(=O)(=O)c1ncccc1F. The van der Waals surface area contributed by atoms with Gasteiger partial charge in [-0.15, -0.1) is 0 Å². The van der Waals surface area contributed by atoms with E-state index in [-0.39, 0.29) is 6.54 Å². The van der Waals surface area contributed by atoms with Crippen LogP contribution in [-0.2, 0) is 10.0 Å². The van der Waals surface area contributed by atoms with Gasteiger partial charge in [0.1, 0.15) is 0 Å². The molecule has 0 aliphatic rings. The average Bonchev–Trinajstić information content (AvgIpc) is 2.38. The standard InChI is InChI=1S/C12H20FN3O2S/c1-3-9-16(4-2)10-8-15-19(17,18)12-11(13)6-5-7-14-12/h5-7,15H,3-4,8-10H2,1-2H3. The summed E-state index contributed by atoms with van der Waals surface area (Å²) < 4.78 is 39.4. The van der Waals surface area contributed by atoms with E-state index >= 15 is 0 Å². The average molecular weight is 289 g/mol. The maximum Gasteiger partial charge on any atom is 0.261 e. The van der Waals surface area contributed by atoms with E-state index in [0.717, 1.165) is 25.6 Å². The first-order valence-electron chi connectivity index (χ1n) is 6.33. The molecule has 0 aromatic carbocycles. The molecule has 0 saturated carbocycles. The molecule has 0 bridgehead atoms. The first-order chi connectivity index (χ1) is 9.01. The van der Waals surface area contributed by atoms with Crippen molar-refractivity contribution < 1.29 is 12.8 Å². The van der Waals surface area contributed by atoms with Gasteiger partial charge < -0.3 is 4.90 Å². The minimum Gasteiger partial charge on any atom is -0.302 e. The van der Waals surface area contributed by atoms with Gasteiger partial charge >= 0.3 is 0 Å². The maximum absolute atomic E-state index is 13.4. The summed E-state index contributed by atoms with van der Waals surface area (Å²) >= 11 is 0. The molecule has 0 fully saturated rings. The number of hydrogen-bond acceptors (Lipinski definition) is 4. The van der Waals surface area contributed by atoms with E-state index < -0.39 is 20.9 Å². The topological polar surface area (TPSA) is 62.3 Å². The number of pyridine rings is 1. The minimum atomic E-state index is -3.87. The van der Waals surface area contributed by atoms with Crippen LogP contribution in [0.25, 0.3) is 0 Å². The lowest BCUT2D eigenvalue weighted by Crippen LogP contribution is -2.35. The van der Waals surface area contributed by atoms with Gasteiger partial charge in [-0.2, -0.15) is 0 Å². The van der Waals surface area contributed by atoms with Crippen LogP contribution in [0.4, 0.5) is 4.39 Å². The van der Waals surface area contributed by atoms with Crippen molar-refractivity contribution in [2.45, 2.75) is 25.3 Å². The zero-order valence-electron chi connectivity index (χ0n) is 11.3. The fraction of sp³-hybridized carbons (Fsp3) is 0.583. The minimum absolute atomic E-state index is 0.242. The first kappa shape index (κ1) is 16.0. The van der Waals surface area contributed by atoms with Crippen molar-refractivity contribution in [3.63, 3.8) is 0 Å². The summed E-state index contributed by atoms with van der Waals surface area (Å²) in [5, 5.41) is -0.548. The predicted octanol–water partition coefficient (Wildman–Crippen LogP) is 1.23. The second kappa shape index (κ2) is 7.52. The highest BCUT2D eigenvalue weighted by molar-refractivity contribution is 7.89. The van der Waals surface area contributed by atoms with Gasteiger partial charge in [0.2, 0.25) is 5.03 Å². The summed E-state index contributed by atoms with van der Waals surface area (Å²) in [6.45, 7) is 6.69. The molecule has 0 aliphatic carbocycles. The summed E-state index contributed by atoms with van der Waals surface area (Å²) in [5.74, 6) is -0.837. The number of likely N-dealkylation sites (N-methyl/N-ethyl adjacent to an activating group) is 1. The molecular weight excluding hydrogens is 269 g/mol. The van der Waals surface area contributed by atoms with Crippen molar-refractivity contribution in [3.8, 4) is 0 Å². The van der Waals surface area contributed by atoms with Crippen LogP contribution in [-0.4, -0.2) is 44.5 Å². The van der Waals surface area contributed by atoms with E-state index in [1.54, 1.807) is 0 Å². The van der Waals surface area contributed by atoms with Crippen LogP contribution in [0.15, 0.2) is 23.4 Å². The van der Waals surface area contributed by atoms with Gasteiger partial charge in [-0.05, 0) is 31.6 Å². The number of aromatic nitrogens is 1. The third-order valence-electron chi connectivity index (χ3n) is 2.69. The van der Waals surface area contributed by atoms with Gasteiger partial charge in [-0.1, -0.05) is 13.8 Å².